The predicted octanol–water partition coefficient (Wildman–Crippen LogP) is 5.32. The number of hydrogen-bond acceptors (Lipinski definition) is 3. The number of hydrogen-bond donors (Lipinski definition) is 2. The lowest BCUT2D eigenvalue weighted by atomic mass is 9.85. The second kappa shape index (κ2) is 10.2. The summed E-state index contributed by atoms with van der Waals surface area (Å²) in [7, 11) is 0. The van der Waals surface area contributed by atoms with Crippen LogP contribution in [0.2, 0.25) is 0 Å². The Labute approximate surface area is 186 Å². The van der Waals surface area contributed by atoms with Crippen LogP contribution in [-0.2, 0) is 4.79 Å². The maximum Gasteiger partial charge on any atom is 0.391 e. The molecule has 1 aliphatic rings. The molecule has 2 aromatic rings. The predicted molar refractivity (Wildman–Crippen MR) is 114 cm³/mol. The summed E-state index contributed by atoms with van der Waals surface area (Å²) in [6.07, 6.45) is -3.40. The molecule has 0 aromatic heterocycles. The monoisotopic (exact) mass is 498 g/mol. The molecule has 5 nitrogen and oxygen atoms in total. The summed E-state index contributed by atoms with van der Waals surface area (Å²) < 4.78 is 45.4. The van der Waals surface area contributed by atoms with Gasteiger partial charge in [-0.15, -0.1) is 0 Å². The number of amides is 2. The molecule has 0 radical (unpaired) electrons. The Morgan fingerprint density at radius 2 is 1.77 bits per heavy atom. The normalized spacial score (nSPS) is 18.8. The lowest BCUT2D eigenvalue weighted by Gasteiger charge is -2.31. The van der Waals surface area contributed by atoms with Crippen LogP contribution >= 0.6 is 15.9 Å². The highest BCUT2D eigenvalue weighted by atomic mass is 79.9. The minimum atomic E-state index is -4.26. The van der Waals surface area contributed by atoms with Gasteiger partial charge in [0, 0.05) is 16.2 Å². The van der Waals surface area contributed by atoms with E-state index in [-0.39, 0.29) is 30.8 Å². The number of para-hydroxylation sites is 1. The lowest BCUT2D eigenvalue weighted by molar-refractivity contribution is -0.183. The Balaban J connectivity index is 1.58. The van der Waals surface area contributed by atoms with Crippen LogP contribution in [0.5, 0.6) is 5.75 Å². The van der Waals surface area contributed by atoms with Gasteiger partial charge >= 0.3 is 6.18 Å². The molecule has 2 N–H and O–H groups in total. The van der Waals surface area contributed by atoms with Crippen molar-refractivity contribution in [1.82, 2.24) is 5.32 Å². The molecule has 1 saturated carbocycles. The van der Waals surface area contributed by atoms with Gasteiger partial charge in [0.15, 0.2) is 6.61 Å². The fourth-order valence-electron chi connectivity index (χ4n) is 3.54. The van der Waals surface area contributed by atoms with Crippen LogP contribution in [0.4, 0.5) is 18.9 Å². The quantitative estimate of drug-likeness (QED) is 0.566. The minimum Gasteiger partial charge on any atom is -0.483 e. The molecule has 3 rings (SSSR count). The van der Waals surface area contributed by atoms with E-state index in [1.165, 1.54) is 6.07 Å². The van der Waals surface area contributed by atoms with Crippen LogP contribution in [0.1, 0.15) is 36.0 Å². The molecular weight excluding hydrogens is 477 g/mol. The molecule has 9 heteroatoms. The van der Waals surface area contributed by atoms with Crippen LogP contribution in [0.15, 0.2) is 53.0 Å². The van der Waals surface area contributed by atoms with Crippen molar-refractivity contribution < 1.29 is 27.5 Å². The van der Waals surface area contributed by atoms with Crippen LogP contribution in [-0.4, -0.2) is 30.6 Å². The molecule has 166 valence electrons. The molecular formula is C22H22BrF3N2O3. The summed E-state index contributed by atoms with van der Waals surface area (Å²) >= 11 is 3.31. The molecule has 2 amide bonds. The maximum atomic E-state index is 13.0. The molecule has 2 atom stereocenters. The van der Waals surface area contributed by atoms with E-state index in [0.717, 1.165) is 4.47 Å². The first-order valence-corrected chi connectivity index (χ1v) is 10.7. The number of carbonyl (C=O) groups is 2. The summed E-state index contributed by atoms with van der Waals surface area (Å²) in [5, 5.41) is 5.37. The average molecular weight is 499 g/mol. The van der Waals surface area contributed by atoms with Crippen molar-refractivity contribution in [2.24, 2.45) is 5.92 Å². The second-order valence-electron chi connectivity index (χ2n) is 7.42. The summed E-state index contributed by atoms with van der Waals surface area (Å²) in [5.41, 5.74) is 0.771. The smallest absolute Gasteiger partial charge is 0.391 e. The highest BCUT2D eigenvalue weighted by Crippen LogP contribution is 2.37. The fraction of sp³-hybridized carbons (Fsp3) is 0.364. The van der Waals surface area contributed by atoms with E-state index in [1.807, 2.05) is 0 Å². The zero-order valence-corrected chi connectivity index (χ0v) is 18.1. The van der Waals surface area contributed by atoms with Gasteiger partial charge in [-0.3, -0.25) is 9.59 Å². The molecule has 0 saturated heterocycles. The molecule has 0 aliphatic heterocycles. The molecule has 0 bridgehead atoms. The Morgan fingerprint density at radius 3 is 2.48 bits per heavy atom. The molecule has 0 spiro atoms. The van der Waals surface area contributed by atoms with Gasteiger partial charge in [-0.2, -0.15) is 13.2 Å². The number of benzene rings is 2. The summed E-state index contributed by atoms with van der Waals surface area (Å²) in [6.45, 7) is -0.320. The first-order chi connectivity index (χ1) is 14.7. The number of rotatable bonds is 6. The summed E-state index contributed by atoms with van der Waals surface area (Å²) in [6, 6.07) is 12.8. The first-order valence-electron chi connectivity index (χ1n) is 9.87. The van der Waals surface area contributed by atoms with E-state index < -0.39 is 30.0 Å². The second-order valence-corrected chi connectivity index (χ2v) is 8.33. The Kier molecular flexibility index (Phi) is 7.59. The summed E-state index contributed by atoms with van der Waals surface area (Å²) in [4.78, 5) is 24.8. The zero-order valence-electron chi connectivity index (χ0n) is 16.5. The van der Waals surface area contributed by atoms with Crippen molar-refractivity contribution in [3.05, 3.63) is 58.6 Å². The van der Waals surface area contributed by atoms with Crippen molar-refractivity contribution in [1.29, 1.82) is 0 Å². The molecule has 1 fully saturated rings. The number of alkyl halides is 3. The first kappa shape index (κ1) is 23.1. The number of ether oxygens (including phenoxy) is 1. The summed E-state index contributed by atoms with van der Waals surface area (Å²) in [5.74, 6) is -2.14. The van der Waals surface area contributed by atoms with Crippen LogP contribution in [0.25, 0.3) is 0 Å². The van der Waals surface area contributed by atoms with Gasteiger partial charge < -0.3 is 15.4 Å². The number of halogens is 4. The third kappa shape index (κ3) is 6.72. The largest absolute Gasteiger partial charge is 0.483 e. The lowest BCUT2D eigenvalue weighted by Crippen LogP contribution is -2.41. The fourth-order valence-corrected chi connectivity index (χ4v) is 3.80. The van der Waals surface area contributed by atoms with Crippen molar-refractivity contribution in [2.45, 2.75) is 37.9 Å². The standard InChI is InChI=1S/C22H22BrF3N2O3/c23-15-8-10-16(11-9-15)27-20(29)13-31-19-7-2-1-6-18(19)21(30)28-17-5-3-4-14(12-17)22(24,25)26/h1-2,6-11,14,17H,3-5,12-13H2,(H,27,29)(H,28,30)/t14-,17-/m0/s1. The van der Waals surface area contributed by atoms with E-state index in [4.69, 9.17) is 4.74 Å². The van der Waals surface area contributed by atoms with Crippen molar-refractivity contribution in [3.63, 3.8) is 0 Å². The number of anilines is 1. The van der Waals surface area contributed by atoms with Gasteiger partial charge in [0.05, 0.1) is 11.5 Å². The topological polar surface area (TPSA) is 67.4 Å². The van der Waals surface area contributed by atoms with Crippen molar-refractivity contribution >= 4 is 33.4 Å². The van der Waals surface area contributed by atoms with Crippen LogP contribution in [0.3, 0.4) is 0 Å². The maximum absolute atomic E-state index is 13.0. The van der Waals surface area contributed by atoms with Gasteiger partial charge in [-0.05, 0) is 55.7 Å². The van der Waals surface area contributed by atoms with E-state index in [2.05, 4.69) is 26.6 Å². The van der Waals surface area contributed by atoms with Gasteiger partial charge in [0.25, 0.3) is 11.8 Å². The third-order valence-electron chi connectivity index (χ3n) is 5.09. The van der Waals surface area contributed by atoms with Gasteiger partial charge in [0.2, 0.25) is 0 Å². The molecule has 2 aromatic carbocycles. The SMILES string of the molecule is O=C(COc1ccccc1C(=O)N[C@H]1CCC[C@H](C(F)(F)F)C1)Nc1ccc(Br)cc1. The molecule has 0 unspecified atom stereocenters. The molecule has 0 heterocycles. The van der Waals surface area contributed by atoms with Gasteiger partial charge in [-0.1, -0.05) is 34.5 Å². The Hall–Kier alpha value is -2.55. The van der Waals surface area contributed by atoms with Crippen LogP contribution < -0.4 is 15.4 Å². The van der Waals surface area contributed by atoms with E-state index in [0.29, 0.717) is 18.5 Å². The average Bonchev–Trinajstić information content (AvgIpc) is 2.74. The van der Waals surface area contributed by atoms with E-state index in [9.17, 15) is 22.8 Å². The number of carbonyl (C=O) groups excluding carboxylic acids is 2. The van der Waals surface area contributed by atoms with E-state index in [1.54, 1.807) is 42.5 Å². The highest BCUT2D eigenvalue weighted by molar-refractivity contribution is 9.10. The van der Waals surface area contributed by atoms with Crippen molar-refractivity contribution in [3.8, 4) is 5.75 Å². The highest BCUT2D eigenvalue weighted by Gasteiger charge is 2.42. The van der Waals surface area contributed by atoms with Crippen molar-refractivity contribution in [2.75, 3.05) is 11.9 Å². The Morgan fingerprint density at radius 1 is 1.06 bits per heavy atom. The van der Waals surface area contributed by atoms with Gasteiger partial charge in [-0.25, -0.2) is 0 Å². The number of nitrogens with one attached hydrogen (secondary N) is 2. The third-order valence-corrected chi connectivity index (χ3v) is 5.62. The van der Waals surface area contributed by atoms with Gasteiger partial charge in [0.1, 0.15) is 5.75 Å². The Bertz CT molecular complexity index is 919. The van der Waals surface area contributed by atoms with E-state index >= 15 is 0 Å². The molecule has 31 heavy (non-hydrogen) atoms. The van der Waals surface area contributed by atoms with Crippen LogP contribution in [0, 0.1) is 5.92 Å². The molecule has 1 aliphatic carbocycles. The minimum absolute atomic E-state index is 0.0864. The zero-order chi connectivity index (χ0) is 22.4.